The molecule has 0 aliphatic heterocycles. The Hall–Kier alpha value is -1.09. The van der Waals surface area contributed by atoms with Crippen molar-refractivity contribution < 1.29 is 9.90 Å². The number of nitrogens with two attached hydrogens (primary N) is 1. The van der Waals surface area contributed by atoms with Crippen molar-refractivity contribution >= 4 is 5.97 Å². The molecule has 0 fully saturated rings. The summed E-state index contributed by atoms with van der Waals surface area (Å²) in [4.78, 5) is 11.1. The minimum atomic E-state index is -0.892. The van der Waals surface area contributed by atoms with Crippen molar-refractivity contribution in [3.05, 3.63) is 23.8 Å². The molecule has 3 nitrogen and oxygen atoms in total. The van der Waals surface area contributed by atoms with Crippen molar-refractivity contribution in [1.82, 2.24) is 0 Å². The molecule has 1 rings (SSSR count). The summed E-state index contributed by atoms with van der Waals surface area (Å²) in [6.07, 6.45) is 15.2. The molecule has 22 heavy (non-hydrogen) atoms. The van der Waals surface area contributed by atoms with E-state index in [1.165, 1.54) is 31.3 Å². The van der Waals surface area contributed by atoms with Crippen molar-refractivity contribution in [2.24, 2.45) is 17.1 Å². The molecule has 3 N–H and O–H groups in total. The van der Waals surface area contributed by atoms with Crippen molar-refractivity contribution in [2.75, 3.05) is 0 Å². The molecule has 1 unspecified atom stereocenters. The van der Waals surface area contributed by atoms with E-state index in [2.05, 4.69) is 39.0 Å². The highest BCUT2D eigenvalue weighted by Gasteiger charge is 2.32. The molecule has 2 atom stereocenters. The summed E-state index contributed by atoms with van der Waals surface area (Å²) in [6.45, 7) is 6.65. The first kappa shape index (κ1) is 19.0. The number of aliphatic carboxylic acids is 1. The molecule has 0 bridgehead atoms. The molecular formula is C19H33NO2. The lowest BCUT2D eigenvalue weighted by Crippen LogP contribution is -2.37. The Morgan fingerprint density at radius 2 is 2.00 bits per heavy atom. The molecule has 0 saturated heterocycles. The van der Waals surface area contributed by atoms with Crippen LogP contribution in [-0.2, 0) is 4.79 Å². The lowest BCUT2D eigenvalue weighted by atomic mass is 9.71. The fourth-order valence-electron chi connectivity index (χ4n) is 3.41. The Morgan fingerprint density at radius 3 is 2.59 bits per heavy atom. The summed E-state index contributed by atoms with van der Waals surface area (Å²) in [5.41, 5.74) is 7.07. The number of hydrogen-bond acceptors (Lipinski definition) is 2. The van der Waals surface area contributed by atoms with Gasteiger partial charge in [-0.2, -0.15) is 0 Å². The van der Waals surface area contributed by atoms with Crippen LogP contribution < -0.4 is 5.73 Å². The second kappa shape index (κ2) is 9.14. The lowest BCUT2D eigenvalue weighted by molar-refractivity contribution is -0.139. The van der Waals surface area contributed by atoms with E-state index in [1.54, 1.807) is 0 Å². The Morgan fingerprint density at radius 1 is 1.32 bits per heavy atom. The van der Waals surface area contributed by atoms with Crippen LogP contribution in [0.5, 0.6) is 0 Å². The topological polar surface area (TPSA) is 63.3 Å². The fourth-order valence-corrected chi connectivity index (χ4v) is 3.41. The molecule has 0 radical (unpaired) electrons. The third-order valence-corrected chi connectivity index (χ3v) is 4.61. The Labute approximate surface area is 135 Å². The molecule has 3 heteroatoms. The van der Waals surface area contributed by atoms with Crippen molar-refractivity contribution in [3.63, 3.8) is 0 Å². The van der Waals surface area contributed by atoms with Gasteiger partial charge in [0.25, 0.3) is 0 Å². The summed E-state index contributed by atoms with van der Waals surface area (Å²) in [5.74, 6) is -0.106. The number of carboxylic acids is 1. The van der Waals surface area contributed by atoms with Crippen LogP contribution in [0.3, 0.4) is 0 Å². The van der Waals surface area contributed by atoms with Crippen LogP contribution in [0.15, 0.2) is 23.8 Å². The van der Waals surface area contributed by atoms with Crippen LogP contribution in [-0.4, -0.2) is 17.1 Å². The number of carbonyl (C=O) groups is 1. The predicted molar refractivity (Wildman–Crippen MR) is 92.7 cm³/mol. The van der Waals surface area contributed by atoms with E-state index in [0.717, 1.165) is 25.2 Å². The molecule has 0 aromatic carbocycles. The second-order valence-corrected chi connectivity index (χ2v) is 7.41. The van der Waals surface area contributed by atoms with Gasteiger partial charge in [0.1, 0.15) is 6.04 Å². The molecule has 0 aromatic rings. The van der Waals surface area contributed by atoms with E-state index >= 15 is 0 Å². The minimum Gasteiger partial charge on any atom is -0.480 e. The maximum absolute atomic E-state index is 11.1. The highest BCUT2D eigenvalue weighted by atomic mass is 16.4. The van der Waals surface area contributed by atoms with Gasteiger partial charge in [0, 0.05) is 0 Å². The van der Waals surface area contributed by atoms with Crippen LogP contribution in [0.2, 0.25) is 0 Å². The van der Waals surface area contributed by atoms with Gasteiger partial charge in [-0.25, -0.2) is 0 Å². The Kier molecular flexibility index (Phi) is 7.88. The first-order valence-electron chi connectivity index (χ1n) is 8.68. The van der Waals surface area contributed by atoms with Crippen LogP contribution in [0, 0.1) is 11.3 Å². The maximum Gasteiger partial charge on any atom is 0.320 e. The van der Waals surface area contributed by atoms with Gasteiger partial charge in [-0.1, -0.05) is 69.8 Å². The van der Waals surface area contributed by atoms with Gasteiger partial charge in [-0.3, -0.25) is 4.79 Å². The zero-order chi connectivity index (χ0) is 16.6. The predicted octanol–water partition coefficient (Wildman–Crippen LogP) is 4.68. The maximum atomic E-state index is 11.1. The minimum absolute atomic E-state index is 0.0608. The summed E-state index contributed by atoms with van der Waals surface area (Å²) in [6, 6.07) is -0.767. The van der Waals surface area contributed by atoms with Gasteiger partial charge in [0.2, 0.25) is 0 Å². The van der Waals surface area contributed by atoms with Crippen molar-refractivity contribution in [2.45, 2.75) is 78.2 Å². The second-order valence-electron chi connectivity index (χ2n) is 7.41. The van der Waals surface area contributed by atoms with Crippen LogP contribution in [0.4, 0.5) is 0 Å². The largest absolute Gasteiger partial charge is 0.480 e. The van der Waals surface area contributed by atoms with E-state index in [1.807, 2.05) is 0 Å². The van der Waals surface area contributed by atoms with Crippen molar-refractivity contribution in [1.29, 1.82) is 0 Å². The van der Waals surface area contributed by atoms with Gasteiger partial charge in [0.05, 0.1) is 0 Å². The van der Waals surface area contributed by atoms with Crippen LogP contribution in [0.1, 0.15) is 72.1 Å². The van der Waals surface area contributed by atoms with Gasteiger partial charge in [-0.15, -0.1) is 0 Å². The van der Waals surface area contributed by atoms with Gasteiger partial charge >= 0.3 is 5.97 Å². The molecule has 0 spiro atoms. The molecule has 1 aliphatic carbocycles. The molecule has 126 valence electrons. The number of allylic oxidation sites excluding steroid dienone is 4. The number of carboxylic acid groups (broad SMARTS) is 1. The van der Waals surface area contributed by atoms with E-state index in [0.29, 0.717) is 6.42 Å². The number of hydrogen-bond donors (Lipinski definition) is 2. The zero-order valence-corrected chi connectivity index (χ0v) is 14.5. The van der Waals surface area contributed by atoms with E-state index < -0.39 is 12.0 Å². The zero-order valence-electron chi connectivity index (χ0n) is 14.5. The van der Waals surface area contributed by atoms with Crippen LogP contribution in [0.25, 0.3) is 0 Å². The van der Waals surface area contributed by atoms with Gasteiger partial charge < -0.3 is 10.8 Å². The van der Waals surface area contributed by atoms with Crippen molar-refractivity contribution in [3.8, 4) is 0 Å². The monoisotopic (exact) mass is 307 g/mol. The first-order chi connectivity index (χ1) is 10.3. The average Bonchev–Trinajstić information content (AvgIpc) is 2.42. The van der Waals surface area contributed by atoms with E-state index in [4.69, 9.17) is 10.8 Å². The normalized spacial score (nSPS) is 22.7. The molecule has 0 aromatic heterocycles. The third kappa shape index (κ3) is 6.78. The van der Waals surface area contributed by atoms with Gasteiger partial charge in [-0.05, 0) is 37.5 Å². The lowest BCUT2D eigenvalue weighted by Gasteiger charge is -2.34. The Bertz CT molecular complexity index is 412. The summed E-state index contributed by atoms with van der Waals surface area (Å²) < 4.78 is 0. The number of rotatable bonds is 10. The summed E-state index contributed by atoms with van der Waals surface area (Å²) in [7, 11) is 0. The van der Waals surface area contributed by atoms with Crippen LogP contribution >= 0.6 is 0 Å². The molecule has 0 saturated carbocycles. The highest BCUT2D eigenvalue weighted by molar-refractivity contribution is 5.73. The SMILES string of the molecule is CC1=CC=CC(CCCCCCC(C)C)(C[C@H](N)C(=O)O)C1. The Balaban J connectivity index is 2.48. The number of unbranched alkanes of at least 4 members (excludes halogenated alkanes) is 3. The van der Waals surface area contributed by atoms with Gasteiger partial charge in [0.15, 0.2) is 0 Å². The van der Waals surface area contributed by atoms with E-state index in [-0.39, 0.29) is 5.41 Å². The first-order valence-corrected chi connectivity index (χ1v) is 8.68. The summed E-state index contributed by atoms with van der Waals surface area (Å²) in [5, 5.41) is 9.12. The molecule has 1 aliphatic rings. The quantitative estimate of drug-likeness (QED) is 0.576. The molecular weight excluding hydrogens is 274 g/mol. The summed E-state index contributed by atoms with van der Waals surface area (Å²) >= 11 is 0. The standard InChI is InChI=1S/C19H33NO2/c1-15(2)9-6-4-5-7-11-19(14-17(20)18(21)22)12-8-10-16(3)13-19/h8,10,12,15,17H,4-7,9,11,13-14,20H2,1-3H3,(H,21,22)/t17-,19?/m0/s1. The third-order valence-electron chi connectivity index (χ3n) is 4.61. The smallest absolute Gasteiger partial charge is 0.320 e. The fraction of sp³-hybridized carbons (Fsp3) is 0.737. The highest BCUT2D eigenvalue weighted by Crippen LogP contribution is 2.40. The average molecular weight is 307 g/mol. The molecule has 0 amide bonds. The molecule has 0 heterocycles. The van der Waals surface area contributed by atoms with E-state index in [9.17, 15) is 4.79 Å².